The number of hydrogen-bond acceptors (Lipinski definition) is 4. The van der Waals surface area contributed by atoms with E-state index in [1.807, 2.05) is 19.1 Å². The molecule has 4 nitrogen and oxygen atoms in total. The fraction of sp³-hybridized carbons (Fsp3) is 0.571. The summed E-state index contributed by atoms with van der Waals surface area (Å²) < 4.78 is 0. The van der Waals surface area contributed by atoms with Gasteiger partial charge in [0.2, 0.25) is 0 Å². The molecule has 1 N–H and O–H groups in total. The highest BCUT2D eigenvalue weighted by molar-refractivity contribution is 5.52. The molecule has 2 unspecified atom stereocenters. The van der Waals surface area contributed by atoms with E-state index in [-0.39, 0.29) is 0 Å². The first-order chi connectivity index (χ1) is 8.60. The normalized spacial score (nSPS) is 24.6. The first-order valence-corrected chi connectivity index (χ1v) is 6.43. The molecule has 4 heteroatoms. The van der Waals surface area contributed by atoms with E-state index in [4.69, 9.17) is 5.26 Å². The molecule has 2 atom stereocenters. The third-order valence-corrected chi connectivity index (χ3v) is 3.59. The minimum absolute atomic E-state index is 0.405. The van der Waals surface area contributed by atoms with Gasteiger partial charge in [0.05, 0.1) is 5.56 Å². The molecule has 1 aliphatic rings. The van der Waals surface area contributed by atoms with Crippen molar-refractivity contribution < 1.29 is 0 Å². The largest absolute Gasteiger partial charge is 0.366 e. The van der Waals surface area contributed by atoms with Gasteiger partial charge in [0, 0.05) is 18.3 Å². The van der Waals surface area contributed by atoms with E-state index in [0.717, 1.165) is 31.0 Å². The van der Waals surface area contributed by atoms with E-state index in [1.54, 1.807) is 0 Å². The van der Waals surface area contributed by atoms with Crippen molar-refractivity contribution in [1.82, 2.24) is 9.88 Å². The zero-order valence-electron chi connectivity index (χ0n) is 11.3. The molecular weight excluding hydrogens is 224 g/mol. The second kappa shape index (κ2) is 5.36. The van der Waals surface area contributed by atoms with Crippen LogP contribution in [0.5, 0.6) is 0 Å². The number of hydrogen-bond donors (Lipinski definition) is 1. The topological polar surface area (TPSA) is 52.0 Å². The van der Waals surface area contributed by atoms with Gasteiger partial charge >= 0.3 is 0 Å². The van der Waals surface area contributed by atoms with Gasteiger partial charge in [-0.3, -0.25) is 0 Å². The van der Waals surface area contributed by atoms with E-state index < -0.39 is 0 Å². The predicted octanol–water partition coefficient (Wildman–Crippen LogP) is 2.01. The van der Waals surface area contributed by atoms with Crippen LogP contribution in [0.1, 0.15) is 24.6 Å². The summed E-state index contributed by atoms with van der Waals surface area (Å²) >= 11 is 0. The number of piperidine rings is 1. The lowest BCUT2D eigenvalue weighted by atomic mass is 9.94. The molecule has 0 radical (unpaired) electrons. The number of likely N-dealkylation sites (tertiary alicyclic amines) is 1. The highest BCUT2D eigenvalue weighted by Gasteiger charge is 2.24. The van der Waals surface area contributed by atoms with Crippen molar-refractivity contribution in [2.45, 2.75) is 26.3 Å². The molecule has 2 heterocycles. The Hall–Kier alpha value is -1.60. The van der Waals surface area contributed by atoms with Crippen molar-refractivity contribution in [3.63, 3.8) is 0 Å². The summed E-state index contributed by atoms with van der Waals surface area (Å²) in [5, 5.41) is 12.6. The third-order valence-electron chi connectivity index (χ3n) is 3.59. The molecule has 0 aliphatic carbocycles. The molecule has 96 valence electrons. The van der Waals surface area contributed by atoms with E-state index in [2.05, 4.69) is 35.2 Å². The summed E-state index contributed by atoms with van der Waals surface area (Å²) in [4.78, 5) is 6.79. The summed E-state index contributed by atoms with van der Waals surface area (Å²) in [6.45, 7) is 6.38. The first kappa shape index (κ1) is 12.8. The molecule has 0 amide bonds. The number of pyridine rings is 1. The fourth-order valence-electron chi connectivity index (χ4n) is 2.50. The van der Waals surface area contributed by atoms with Crippen LogP contribution in [0.15, 0.2) is 12.1 Å². The Morgan fingerprint density at radius 3 is 2.94 bits per heavy atom. The molecule has 1 saturated heterocycles. The number of nitrogens with one attached hydrogen (secondary N) is 1. The van der Waals surface area contributed by atoms with Gasteiger partial charge < -0.3 is 10.2 Å². The molecule has 1 aromatic heterocycles. The maximum absolute atomic E-state index is 9.11. The summed E-state index contributed by atoms with van der Waals surface area (Å²) in [5.74, 6) is 1.30. The minimum Gasteiger partial charge on any atom is -0.366 e. The summed E-state index contributed by atoms with van der Waals surface area (Å²) in [6.07, 6.45) is 1.10. The predicted molar refractivity (Wildman–Crippen MR) is 72.4 cm³/mol. The van der Waals surface area contributed by atoms with Crippen LogP contribution < -0.4 is 5.32 Å². The first-order valence-electron chi connectivity index (χ1n) is 6.43. The van der Waals surface area contributed by atoms with Crippen LogP contribution in [0, 0.1) is 24.2 Å². The maximum atomic E-state index is 9.11. The van der Waals surface area contributed by atoms with Crippen LogP contribution in [-0.2, 0) is 0 Å². The average molecular weight is 244 g/mol. The number of nitriles is 1. The van der Waals surface area contributed by atoms with E-state index in [0.29, 0.717) is 17.5 Å². The van der Waals surface area contributed by atoms with Crippen LogP contribution in [0.2, 0.25) is 0 Å². The Labute approximate surface area is 109 Å². The van der Waals surface area contributed by atoms with Crippen molar-refractivity contribution >= 4 is 5.82 Å². The smallest absolute Gasteiger partial charge is 0.144 e. The monoisotopic (exact) mass is 244 g/mol. The van der Waals surface area contributed by atoms with Gasteiger partial charge in [0.15, 0.2) is 0 Å². The lowest BCUT2D eigenvalue weighted by molar-refractivity contribution is 0.206. The van der Waals surface area contributed by atoms with Crippen molar-refractivity contribution in [1.29, 1.82) is 5.26 Å². The molecule has 1 fully saturated rings. The number of aryl methyl sites for hydroxylation is 1. The summed E-state index contributed by atoms with van der Waals surface area (Å²) in [7, 11) is 2.15. The Morgan fingerprint density at radius 1 is 1.50 bits per heavy atom. The maximum Gasteiger partial charge on any atom is 0.144 e. The molecule has 0 aromatic carbocycles. The van der Waals surface area contributed by atoms with Gasteiger partial charge in [0.25, 0.3) is 0 Å². The number of nitrogens with zero attached hydrogens (tertiary/aromatic N) is 3. The van der Waals surface area contributed by atoms with Gasteiger partial charge in [0.1, 0.15) is 11.9 Å². The molecule has 0 spiro atoms. The molecule has 0 bridgehead atoms. The van der Waals surface area contributed by atoms with E-state index >= 15 is 0 Å². The number of rotatable bonds is 2. The van der Waals surface area contributed by atoms with E-state index in [9.17, 15) is 0 Å². The Morgan fingerprint density at radius 2 is 2.28 bits per heavy atom. The molecule has 1 aliphatic heterocycles. The number of aromatic nitrogens is 1. The number of anilines is 1. The molecule has 1 aromatic rings. The minimum atomic E-state index is 0.405. The van der Waals surface area contributed by atoms with Crippen molar-refractivity contribution in [3.05, 3.63) is 23.4 Å². The van der Waals surface area contributed by atoms with Crippen LogP contribution in [0.25, 0.3) is 0 Å². The average Bonchev–Trinajstić information content (AvgIpc) is 2.33. The second-order valence-electron chi connectivity index (χ2n) is 5.24. The lowest BCUT2D eigenvalue weighted by Gasteiger charge is -2.35. The van der Waals surface area contributed by atoms with Crippen LogP contribution >= 0.6 is 0 Å². The second-order valence-corrected chi connectivity index (χ2v) is 5.24. The molecule has 0 saturated carbocycles. The quantitative estimate of drug-likeness (QED) is 0.864. The Kier molecular flexibility index (Phi) is 3.83. The standard InChI is InChI=1S/C14H20N4/c1-10-9-18(3)7-6-13(10)17-14-12(8-15)5-4-11(2)16-14/h4-5,10,13H,6-7,9H2,1-3H3,(H,16,17). The SMILES string of the molecule is Cc1ccc(C#N)c(NC2CCN(C)CC2C)n1. The van der Waals surface area contributed by atoms with Crippen LogP contribution in [0.3, 0.4) is 0 Å². The van der Waals surface area contributed by atoms with Gasteiger partial charge in [-0.15, -0.1) is 0 Å². The highest BCUT2D eigenvalue weighted by Crippen LogP contribution is 2.21. The van der Waals surface area contributed by atoms with Crippen molar-refractivity contribution in [2.75, 3.05) is 25.5 Å². The van der Waals surface area contributed by atoms with Crippen LogP contribution in [0.4, 0.5) is 5.82 Å². The molecule has 18 heavy (non-hydrogen) atoms. The van der Waals surface area contributed by atoms with E-state index in [1.165, 1.54) is 0 Å². The Balaban J connectivity index is 2.14. The third kappa shape index (κ3) is 2.80. The van der Waals surface area contributed by atoms with Crippen LogP contribution in [-0.4, -0.2) is 36.1 Å². The van der Waals surface area contributed by atoms with Gasteiger partial charge in [-0.2, -0.15) is 5.26 Å². The zero-order chi connectivity index (χ0) is 13.1. The summed E-state index contributed by atoms with van der Waals surface area (Å²) in [5.41, 5.74) is 1.57. The summed E-state index contributed by atoms with van der Waals surface area (Å²) in [6, 6.07) is 6.32. The highest BCUT2D eigenvalue weighted by atomic mass is 15.1. The molecule has 2 rings (SSSR count). The zero-order valence-corrected chi connectivity index (χ0v) is 11.3. The van der Waals surface area contributed by atoms with Gasteiger partial charge in [-0.1, -0.05) is 6.92 Å². The Bertz CT molecular complexity index is 463. The van der Waals surface area contributed by atoms with Crippen molar-refractivity contribution in [3.8, 4) is 6.07 Å². The molecular formula is C14H20N4. The van der Waals surface area contributed by atoms with Gasteiger partial charge in [-0.25, -0.2) is 4.98 Å². The fourth-order valence-corrected chi connectivity index (χ4v) is 2.50. The lowest BCUT2D eigenvalue weighted by Crippen LogP contribution is -2.43. The van der Waals surface area contributed by atoms with Gasteiger partial charge in [-0.05, 0) is 45.0 Å². The van der Waals surface area contributed by atoms with Crippen molar-refractivity contribution in [2.24, 2.45) is 5.92 Å².